The van der Waals surface area contributed by atoms with Gasteiger partial charge >= 0.3 is 0 Å². The predicted octanol–water partition coefficient (Wildman–Crippen LogP) is 4.15. The molecule has 4 rings (SSSR count). The maximum Gasteiger partial charge on any atom is 0.277 e. The van der Waals surface area contributed by atoms with Crippen LogP contribution in [0.3, 0.4) is 0 Å². The smallest absolute Gasteiger partial charge is 0.277 e. The Labute approximate surface area is 159 Å². The lowest BCUT2D eigenvalue weighted by Crippen LogP contribution is -2.31. The number of hydrogen-bond acceptors (Lipinski definition) is 4. The van der Waals surface area contributed by atoms with Crippen LogP contribution in [-0.4, -0.2) is 29.0 Å². The van der Waals surface area contributed by atoms with Crippen molar-refractivity contribution in [1.82, 2.24) is 9.97 Å². The number of nitrogens with zero attached hydrogens (tertiary/aromatic N) is 4. The molecule has 1 aromatic heterocycles. The Kier molecular flexibility index (Phi) is 4.59. The number of amides is 1. The minimum absolute atomic E-state index is 0.108. The molecule has 27 heavy (non-hydrogen) atoms. The first-order chi connectivity index (χ1) is 13.2. The van der Waals surface area contributed by atoms with Crippen LogP contribution in [-0.2, 0) is 6.42 Å². The van der Waals surface area contributed by atoms with Crippen LogP contribution < -0.4 is 9.80 Å². The van der Waals surface area contributed by atoms with E-state index in [1.807, 2.05) is 56.3 Å². The van der Waals surface area contributed by atoms with Crippen molar-refractivity contribution in [2.75, 3.05) is 22.9 Å². The van der Waals surface area contributed by atoms with Crippen LogP contribution >= 0.6 is 0 Å². The number of carbonyl (C=O) groups excluding carboxylic acids is 1. The quantitative estimate of drug-likeness (QED) is 0.703. The third-order valence-electron chi connectivity index (χ3n) is 4.84. The van der Waals surface area contributed by atoms with E-state index in [1.54, 1.807) is 4.90 Å². The molecule has 0 aliphatic carbocycles. The molecule has 5 heteroatoms. The molecule has 0 saturated heterocycles. The number of carbonyl (C=O) groups is 1. The van der Waals surface area contributed by atoms with Crippen LogP contribution in [0.5, 0.6) is 0 Å². The standard InChI is InChI=1S/C22H22N4O/c1-3-25(18-10-5-4-6-11-18)22(27)19-15-21(24-16(2)23-19)26-14-13-17-9-7-8-12-20(17)26/h4-12,15H,3,13-14H2,1-2H3. The minimum atomic E-state index is -0.108. The highest BCUT2D eigenvalue weighted by Crippen LogP contribution is 2.33. The van der Waals surface area contributed by atoms with Crippen molar-refractivity contribution in [3.05, 3.63) is 77.7 Å². The predicted molar refractivity (Wildman–Crippen MR) is 108 cm³/mol. The van der Waals surface area contributed by atoms with Crippen LogP contribution in [0.15, 0.2) is 60.7 Å². The van der Waals surface area contributed by atoms with Gasteiger partial charge in [0.2, 0.25) is 0 Å². The highest BCUT2D eigenvalue weighted by Gasteiger charge is 2.24. The Morgan fingerprint density at radius 1 is 1.07 bits per heavy atom. The van der Waals surface area contributed by atoms with Crippen LogP contribution in [0.1, 0.15) is 28.8 Å². The Morgan fingerprint density at radius 2 is 1.81 bits per heavy atom. The summed E-state index contributed by atoms with van der Waals surface area (Å²) in [6, 6.07) is 19.8. The highest BCUT2D eigenvalue weighted by molar-refractivity contribution is 6.05. The molecule has 1 aliphatic heterocycles. The normalized spacial score (nSPS) is 12.7. The zero-order valence-electron chi connectivity index (χ0n) is 15.6. The third-order valence-corrected chi connectivity index (χ3v) is 4.84. The third kappa shape index (κ3) is 3.28. The monoisotopic (exact) mass is 358 g/mol. The summed E-state index contributed by atoms with van der Waals surface area (Å²) in [6.45, 7) is 5.24. The molecule has 1 amide bonds. The summed E-state index contributed by atoms with van der Waals surface area (Å²) >= 11 is 0. The molecule has 0 unspecified atom stereocenters. The molecule has 3 aromatic rings. The lowest BCUT2D eigenvalue weighted by atomic mass is 10.2. The molecule has 0 N–H and O–H groups in total. The summed E-state index contributed by atoms with van der Waals surface area (Å²) in [6.07, 6.45) is 0.980. The number of para-hydroxylation sites is 2. The highest BCUT2D eigenvalue weighted by atomic mass is 16.2. The molecule has 5 nitrogen and oxygen atoms in total. The van der Waals surface area contributed by atoms with Gasteiger partial charge in [-0.2, -0.15) is 0 Å². The van der Waals surface area contributed by atoms with E-state index in [9.17, 15) is 4.79 Å². The van der Waals surface area contributed by atoms with Crippen LogP contribution in [0.25, 0.3) is 0 Å². The van der Waals surface area contributed by atoms with Crippen molar-refractivity contribution >= 4 is 23.1 Å². The van der Waals surface area contributed by atoms with Gasteiger partial charge < -0.3 is 9.80 Å². The summed E-state index contributed by atoms with van der Waals surface area (Å²) in [7, 11) is 0. The topological polar surface area (TPSA) is 49.3 Å². The molecule has 0 spiro atoms. The molecule has 0 bridgehead atoms. The lowest BCUT2D eigenvalue weighted by Gasteiger charge is -2.22. The summed E-state index contributed by atoms with van der Waals surface area (Å²) in [4.78, 5) is 26.1. The molecule has 0 radical (unpaired) electrons. The summed E-state index contributed by atoms with van der Waals surface area (Å²) in [5.41, 5.74) is 3.76. The van der Waals surface area contributed by atoms with Gasteiger partial charge in [0.25, 0.3) is 5.91 Å². The lowest BCUT2D eigenvalue weighted by molar-refractivity contribution is 0.0983. The van der Waals surface area contributed by atoms with Gasteiger partial charge in [-0.3, -0.25) is 4.79 Å². The molecule has 0 atom stereocenters. The van der Waals surface area contributed by atoms with Gasteiger partial charge in [0.05, 0.1) is 0 Å². The van der Waals surface area contributed by atoms with Crippen LogP contribution in [0, 0.1) is 6.92 Å². The van der Waals surface area contributed by atoms with Gasteiger partial charge in [-0.1, -0.05) is 36.4 Å². The zero-order valence-corrected chi connectivity index (χ0v) is 15.6. The zero-order chi connectivity index (χ0) is 18.8. The van der Waals surface area contributed by atoms with E-state index >= 15 is 0 Å². The molecular weight excluding hydrogens is 336 g/mol. The van der Waals surface area contributed by atoms with Crippen molar-refractivity contribution in [2.24, 2.45) is 0 Å². The Hall–Kier alpha value is -3.21. The maximum atomic E-state index is 13.2. The van der Waals surface area contributed by atoms with E-state index in [2.05, 4.69) is 33.1 Å². The van der Waals surface area contributed by atoms with Crippen molar-refractivity contribution in [2.45, 2.75) is 20.3 Å². The van der Waals surface area contributed by atoms with E-state index in [-0.39, 0.29) is 5.91 Å². The number of aryl methyl sites for hydroxylation is 1. The van der Waals surface area contributed by atoms with E-state index in [1.165, 1.54) is 5.56 Å². The average Bonchev–Trinajstić information content (AvgIpc) is 3.13. The number of hydrogen-bond donors (Lipinski definition) is 0. The first kappa shape index (κ1) is 17.2. The van der Waals surface area contributed by atoms with Crippen LogP contribution in [0.2, 0.25) is 0 Å². The Morgan fingerprint density at radius 3 is 2.59 bits per heavy atom. The second-order valence-electron chi connectivity index (χ2n) is 6.57. The molecule has 136 valence electrons. The summed E-state index contributed by atoms with van der Waals surface area (Å²) in [5, 5.41) is 0. The van der Waals surface area contributed by atoms with Gasteiger partial charge in [-0.05, 0) is 44.0 Å². The first-order valence-electron chi connectivity index (χ1n) is 9.25. The Balaban J connectivity index is 1.70. The van der Waals surface area contributed by atoms with Gasteiger partial charge in [0, 0.05) is 30.5 Å². The molecule has 0 fully saturated rings. The van der Waals surface area contributed by atoms with E-state index in [4.69, 9.17) is 0 Å². The fraction of sp³-hybridized carbons (Fsp3) is 0.227. The first-order valence-corrected chi connectivity index (χ1v) is 9.25. The van der Waals surface area contributed by atoms with Crippen molar-refractivity contribution < 1.29 is 4.79 Å². The Bertz CT molecular complexity index is 971. The number of anilines is 3. The van der Waals surface area contributed by atoms with Crippen molar-refractivity contribution in [3.8, 4) is 0 Å². The molecule has 2 heterocycles. The molecule has 1 aliphatic rings. The fourth-order valence-electron chi connectivity index (χ4n) is 3.57. The SMILES string of the molecule is CCN(C(=O)c1cc(N2CCc3ccccc32)nc(C)n1)c1ccccc1. The average molecular weight is 358 g/mol. The largest absolute Gasteiger partial charge is 0.326 e. The molecular formula is C22H22N4O. The van der Waals surface area contributed by atoms with Gasteiger partial charge in [-0.15, -0.1) is 0 Å². The van der Waals surface area contributed by atoms with E-state index in [0.29, 0.717) is 18.1 Å². The number of rotatable bonds is 4. The van der Waals surface area contributed by atoms with Gasteiger partial charge in [0.15, 0.2) is 0 Å². The number of fused-ring (bicyclic) bond motifs is 1. The van der Waals surface area contributed by atoms with Gasteiger partial charge in [-0.25, -0.2) is 9.97 Å². The maximum absolute atomic E-state index is 13.2. The number of benzene rings is 2. The molecule has 2 aromatic carbocycles. The van der Waals surface area contributed by atoms with E-state index in [0.717, 1.165) is 30.2 Å². The van der Waals surface area contributed by atoms with Crippen molar-refractivity contribution in [1.29, 1.82) is 0 Å². The molecule has 0 saturated carbocycles. The van der Waals surface area contributed by atoms with Crippen LogP contribution in [0.4, 0.5) is 17.2 Å². The fourth-order valence-corrected chi connectivity index (χ4v) is 3.57. The number of aromatic nitrogens is 2. The second kappa shape index (κ2) is 7.19. The minimum Gasteiger partial charge on any atom is -0.326 e. The summed E-state index contributed by atoms with van der Waals surface area (Å²) < 4.78 is 0. The van der Waals surface area contributed by atoms with E-state index < -0.39 is 0 Å². The van der Waals surface area contributed by atoms with Crippen molar-refractivity contribution in [3.63, 3.8) is 0 Å². The summed E-state index contributed by atoms with van der Waals surface area (Å²) in [5.74, 6) is 1.27. The second-order valence-corrected chi connectivity index (χ2v) is 6.57. The van der Waals surface area contributed by atoms with Gasteiger partial charge in [0.1, 0.15) is 17.3 Å².